The molecule has 0 fully saturated rings. The van der Waals surface area contributed by atoms with Gasteiger partial charge in [0, 0.05) is 24.9 Å². The zero-order valence-electron chi connectivity index (χ0n) is 11.3. The number of nitrogens with one attached hydrogen (secondary N) is 1. The van der Waals surface area contributed by atoms with Gasteiger partial charge >= 0.3 is 5.97 Å². The number of sulfonamides is 1. The first-order valence-corrected chi connectivity index (χ1v) is 8.46. The number of methoxy groups -OCH3 is 1. The monoisotopic (exact) mass is 326 g/mol. The van der Waals surface area contributed by atoms with E-state index < -0.39 is 16.0 Å². The molecule has 2 aromatic rings. The van der Waals surface area contributed by atoms with Crippen LogP contribution in [0.1, 0.15) is 15.4 Å². The summed E-state index contributed by atoms with van der Waals surface area (Å²) in [4.78, 5) is 15.7. The lowest BCUT2D eigenvalue weighted by molar-refractivity contribution is 0.0602. The number of nitrogens with zero attached hydrogens (tertiary/aromatic N) is 1. The number of hydrogen-bond donors (Lipinski definition) is 1. The van der Waals surface area contributed by atoms with Crippen LogP contribution in [0.2, 0.25) is 0 Å². The topological polar surface area (TPSA) is 85.4 Å². The van der Waals surface area contributed by atoms with Crippen molar-refractivity contribution in [2.75, 3.05) is 13.7 Å². The Kier molecular flexibility index (Phi) is 5.05. The number of carbonyl (C=O) groups is 1. The van der Waals surface area contributed by atoms with Gasteiger partial charge in [-0.05, 0) is 23.6 Å². The molecule has 21 heavy (non-hydrogen) atoms. The molecule has 0 unspecified atom stereocenters. The maximum atomic E-state index is 12.2. The average molecular weight is 326 g/mol. The Labute approximate surface area is 126 Å². The summed E-state index contributed by atoms with van der Waals surface area (Å²) in [5.74, 6) is -0.657. The van der Waals surface area contributed by atoms with Crippen molar-refractivity contribution < 1.29 is 17.9 Å². The normalized spacial score (nSPS) is 11.3. The van der Waals surface area contributed by atoms with Gasteiger partial charge in [-0.15, -0.1) is 11.3 Å². The van der Waals surface area contributed by atoms with Crippen LogP contribution in [0.5, 0.6) is 0 Å². The minimum atomic E-state index is -3.74. The summed E-state index contributed by atoms with van der Waals surface area (Å²) >= 11 is 1.03. The lowest BCUT2D eigenvalue weighted by atomic mass is 10.3. The highest BCUT2D eigenvalue weighted by Gasteiger charge is 2.24. The first-order chi connectivity index (χ1) is 10.0. The van der Waals surface area contributed by atoms with Gasteiger partial charge in [0.1, 0.15) is 9.77 Å². The molecule has 0 aliphatic heterocycles. The van der Waals surface area contributed by atoms with E-state index >= 15 is 0 Å². The molecule has 0 radical (unpaired) electrons. The van der Waals surface area contributed by atoms with Crippen molar-refractivity contribution in [1.29, 1.82) is 0 Å². The third-order valence-electron chi connectivity index (χ3n) is 2.69. The Bertz CT molecular complexity index is 711. The molecule has 8 heteroatoms. The average Bonchev–Trinajstić information content (AvgIpc) is 2.98. The zero-order chi connectivity index (χ0) is 15.3. The van der Waals surface area contributed by atoms with Crippen LogP contribution < -0.4 is 4.72 Å². The minimum Gasteiger partial charge on any atom is -0.465 e. The number of thiophene rings is 1. The maximum Gasteiger partial charge on any atom is 0.349 e. The van der Waals surface area contributed by atoms with E-state index in [9.17, 15) is 13.2 Å². The Hall–Kier alpha value is -1.77. The van der Waals surface area contributed by atoms with Crippen LogP contribution in [-0.2, 0) is 21.2 Å². The smallest absolute Gasteiger partial charge is 0.349 e. The second kappa shape index (κ2) is 6.79. The predicted octanol–water partition coefficient (Wildman–Crippen LogP) is 1.45. The summed E-state index contributed by atoms with van der Waals surface area (Å²) in [5, 5.41) is 1.54. The lowest BCUT2D eigenvalue weighted by Crippen LogP contribution is -2.27. The van der Waals surface area contributed by atoms with Gasteiger partial charge in [-0.25, -0.2) is 17.9 Å². The van der Waals surface area contributed by atoms with E-state index in [-0.39, 0.29) is 16.3 Å². The number of esters is 1. The van der Waals surface area contributed by atoms with Crippen LogP contribution in [-0.4, -0.2) is 33.0 Å². The molecule has 0 saturated heterocycles. The summed E-state index contributed by atoms with van der Waals surface area (Å²) in [6.45, 7) is 0.204. The van der Waals surface area contributed by atoms with Crippen molar-refractivity contribution in [1.82, 2.24) is 9.71 Å². The van der Waals surface area contributed by atoms with E-state index in [1.165, 1.54) is 13.2 Å². The van der Waals surface area contributed by atoms with Gasteiger partial charge < -0.3 is 4.74 Å². The summed E-state index contributed by atoms with van der Waals surface area (Å²) in [5.41, 5.74) is 0.790. The molecule has 0 aromatic carbocycles. The molecular weight excluding hydrogens is 312 g/mol. The third-order valence-corrected chi connectivity index (χ3v) is 5.22. The van der Waals surface area contributed by atoms with Gasteiger partial charge in [0.05, 0.1) is 7.11 Å². The number of hydrogen-bond acceptors (Lipinski definition) is 6. The number of carbonyl (C=O) groups excluding carboxylic acids is 1. The van der Waals surface area contributed by atoms with Gasteiger partial charge in [0.15, 0.2) is 0 Å². The molecule has 0 atom stereocenters. The van der Waals surface area contributed by atoms with E-state index in [2.05, 4.69) is 14.4 Å². The van der Waals surface area contributed by atoms with Crippen LogP contribution in [0.25, 0.3) is 0 Å². The minimum absolute atomic E-state index is 0.0552. The fourth-order valence-corrected chi connectivity index (χ4v) is 4.05. The molecule has 2 aromatic heterocycles. The van der Waals surface area contributed by atoms with E-state index in [4.69, 9.17) is 0 Å². The van der Waals surface area contributed by atoms with Crippen LogP contribution in [0.4, 0.5) is 0 Å². The molecular formula is C13H14N2O4S2. The molecule has 112 valence electrons. The second-order valence-electron chi connectivity index (χ2n) is 4.07. The molecule has 0 bridgehead atoms. The highest BCUT2D eigenvalue weighted by Crippen LogP contribution is 2.22. The van der Waals surface area contributed by atoms with E-state index in [1.807, 2.05) is 12.1 Å². The molecule has 0 aliphatic rings. The van der Waals surface area contributed by atoms with E-state index in [0.717, 1.165) is 17.0 Å². The summed E-state index contributed by atoms with van der Waals surface area (Å²) < 4.78 is 31.4. The Morgan fingerprint density at radius 3 is 2.86 bits per heavy atom. The van der Waals surface area contributed by atoms with Crippen molar-refractivity contribution >= 4 is 27.3 Å². The van der Waals surface area contributed by atoms with Crippen LogP contribution >= 0.6 is 11.3 Å². The number of ether oxygens (including phenoxy) is 1. The summed E-state index contributed by atoms with van der Waals surface area (Å²) in [6.07, 6.45) is 2.12. The largest absolute Gasteiger partial charge is 0.465 e. The lowest BCUT2D eigenvalue weighted by Gasteiger charge is -2.06. The molecule has 0 saturated carbocycles. The third kappa shape index (κ3) is 3.87. The van der Waals surface area contributed by atoms with Crippen molar-refractivity contribution in [3.63, 3.8) is 0 Å². The van der Waals surface area contributed by atoms with E-state index in [1.54, 1.807) is 17.6 Å². The number of pyridine rings is 1. The standard InChI is InChI=1S/C13H14N2O4S2/c1-19-13(16)12-11(6-9-20-12)21(17,18)15-8-5-10-4-2-3-7-14-10/h2-4,6-7,9,15H,5,8H2,1H3. The van der Waals surface area contributed by atoms with Crippen molar-refractivity contribution in [2.45, 2.75) is 11.3 Å². The Morgan fingerprint density at radius 1 is 1.38 bits per heavy atom. The Morgan fingerprint density at radius 2 is 2.19 bits per heavy atom. The van der Waals surface area contributed by atoms with Gasteiger partial charge in [0.25, 0.3) is 0 Å². The highest BCUT2D eigenvalue weighted by atomic mass is 32.2. The molecule has 6 nitrogen and oxygen atoms in total. The first-order valence-electron chi connectivity index (χ1n) is 6.10. The van der Waals surface area contributed by atoms with Gasteiger partial charge in [-0.1, -0.05) is 6.07 Å². The van der Waals surface area contributed by atoms with Crippen LogP contribution in [0.3, 0.4) is 0 Å². The van der Waals surface area contributed by atoms with Gasteiger partial charge in [0.2, 0.25) is 10.0 Å². The maximum absolute atomic E-state index is 12.2. The number of aromatic nitrogens is 1. The summed E-state index contributed by atoms with van der Waals surface area (Å²) in [6, 6.07) is 6.84. The van der Waals surface area contributed by atoms with Crippen molar-refractivity contribution in [3.05, 3.63) is 46.4 Å². The fraction of sp³-hybridized carbons (Fsp3) is 0.231. The zero-order valence-corrected chi connectivity index (χ0v) is 12.9. The first kappa shape index (κ1) is 15.6. The van der Waals surface area contributed by atoms with Gasteiger partial charge in [-0.2, -0.15) is 0 Å². The summed E-state index contributed by atoms with van der Waals surface area (Å²) in [7, 11) is -2.53. The SMILES string of the molecule is COC(=O)c1sccc1S(=O)(=O)NCCc1ccccn1. The molecule has 1 N–H and O–H groups in total. The van der Waals surface area contributed by atoms with Crippen molar-refractivity contribution in [3.8, 4) is 0 Å². The predicted molar refractivity (Wildman–Crippen MR) is 78.8 cm³/mol. The molecule has 0 spiro atoms. The quantitative estimate of drug-likeness (QED) is 0.812. The number of rotatable bonds is 6. The van der Waals surface area contributed by atoms with E-state index in [0.29, 0.717) is 6.42 Å². The van der Waals surface area contributed by atoms with Crippen molar-refractivity contribution in [2.24, 2.45) is 0 Å². The van der Waals surface area contributed by atoms with Crippen LogP contribution in [0, 0.1) is 0 Å². The van der Waals surface area contributed by atoms with Gasteiger partial charge in [-0.3, -0.25) is 4.98 Å². The molecule has 0 aliphatic carbocycles. The molecule has 2 rings (SSSR count). The molecule has 2 heterocycles. The second-order valence-corrected chi connectivity index (χ2v) is 6.73. The fourth-order valence-electron chi connectivity index (χ4n) is 1.69. The molecule has 0 amide bonds. The van der Waals surface area contributed by atoms with Crippen LogP contribution in [0.15, 0.2) is 40.7 Å². The highest BCUT2D eigenvalue weighted by molar-refractivity contribution is 7.89. The Balaban J connectivity index is 2.06.